The zero-order chi connectivity index (χ0) is 10.4. The number of hydrogen-bond acceptors (Lipinski definition) is 4. The molecular formula is C10H22N2O2. The second-order valence-corrected chi connectivity index (χ2v) is 3.92. The van der Waals surface area contributed by atoms with E-state index in [2.05, 4.69) is 4.90 Å². The Morgan fingerprint density at radius 3 is 3.07 bits per heavy atom. The van der Waals surface area contributed by atoms with Crippen LogP contribution >= 0.6 is 0 Å². The monoisotopic (exact) mass is 202 g/mol. The van der Waals surface area contributed by atoms with E-state index in [-0.39, 0.29) is 12.6 Å². The maximum atomic E-state index is 8.85. The molecule has 0 aromatic heterocycles. The van der Waals surface area contributed by atoms with Crippen LogP contribution in [0, 0.1) is 0 Å². The van der Waals surface area contributed by atoms with E-state index >= 15 is 0 Å². The lowest BCUT2D eigenvalue weighted by molar-refractivity contribution is 0.00309. The summed E-state index contributed by atoms with van der Waals surface area (Å²) >= 11 is 0. The molecule has 1 fully saturated rings. The Bertz CT molecular complexity index is 153. The molecule has 3 N–H and O–H groups in total. The lowest BCUT2D eigenvalue weighted by atomic mass is 10.1. The first kappa shape index (κ1) is 11.9. The summed E-state index contributed by atoms with van der Waals surface area (Å²) in [6.07, 6.45) is 2.68. The zero-order valence-corrected chi connectivity index (χ0v) is 8.98. The molecule has 1 heterocycles. The van der Waals surface area contributed by atoms with Crippen molar-refractivity contribution in [3.63, 3.8) is 0 Å². The van der Waals surface area contributed by atoms with Gasteiger partial charge in [0.25, 0.3) is 0 Å². The number of hydrogen-bond donors (Lipinski definition) is 2. The summed E-state index contributed by atoms with van der Waals surface area (Å²) in [5.41, 5.74) is 5.69. The Hall–Kier alpha value is -0.160. The molecule has 0 amide bonds. The molecule has 0 spiro atoms. The minimum absolute atomic E-state index is 0.0653. The van der Waals surface area contributed by atoms with Crippen molar-refractivity contribution in [1.29, 1.82) is 0 Å². The van der Waals surface area contributed by atoms with E-state index in [0.29, 0.717) is 6.10 Å². The summed E-state index contributed by atoms with van der Waals surface area (Å²) in [6.45, 7) is 5.69. The van der Waals surface area contributed by atoms with Crippen molar-refractivity contribution in [3.05, 3.63) is 0 Å². The van der Waals surface area contributed by atoms with Crippen molar-refractivity contribution in [2.24, 2.45) is 5.73 Å². The van der Waals surface area contributed by atoms with Crippen molar-refractivity contribution in [2.45, 2.75) is 31.9 Å². The van der Waals surface area contributed by atoms with Crippen molar-refractivity contribution < 1.29 is 9.84 Å². The topological polar surface area (TPSA) is 58.7 Å². The normalized spacial score (nSPS) is 26.4. The third-order valence-electron chi connectivity index (χ3n) is 2.59. The van der Waals surface area contributed by atoms with E-state index in [9.17, 15) is 0 Å². The molecule has 1 saturated heterocycles. The Morgan fingerprint density at radius 2 is 2.43 bits per heavy atom. The van der Waals surface area contributed by atoms with Crippen LogP contribution in [0.15, 0.2) is 0 Å². The highest BCUT2D eigenvalue weighted by atomic mass is 16.5. The van der Waals surface area contributed by atoms with Gasteiger partial charge in [0.05, 0.1) is 12.7 Å². The Kier molecular flexibility index (Phi) is 5.40. The van der Waals surface area contributed by atoms with E-state index < -0.39 is 0 Å². The molecule has 2 atom stereocenters. The summed E-state index contributed by atoms with van der Waals surface area (Å²) in [5.74, 6) is 0. The van der Waals surface area contributed by atoms with Crippen LogP contribution in [-0.2, 0) is 4.74 Å². The van der Waals surface area contributed by atoms with Crippen LogP contribution in [-0.4, -0.2) is 55.0 Å². The minimum atomic E-state index is -0.115. The van der Waals surface area contributed by atoms with Gasteiger partial charge in [-0.3, -0.25) is 4.90 Å². The van der Waals surface area contributed by atoms with Crippen LogP contribution in [0.1, 0.15) is 19.8 Å². The van der Waals surface area contributed by atoms with Gasteiger partial charge in [0.15, 0.2) is 0 Å². The summed E-state index contributed by atoms with van der Waals surface area (Å²) < 4.78 is 5.58. The molecule has 2 unspecified atom stereocenters. The highest BCUT2D eigenvalue weighted by Crippen LogP contribution is 2.12. The molecule has 0 aliphatic carbocycles. The number of nitrogens with two attached hydrogens (primary N) is 1. The SMILES string of the molecule is CCOC1CCCN(CC(N)CO)C1. The van der Waals surface area contributed by atoms with Crippen molar-refractivity contribution >= 4 is 0 Å². The second-order valence-electron chi connectivity index (χ2n) is 3.92. The van der Waals surface area contributed by atoms with Gasteiger partial charge in [-0.15, -0.1) is 0 Å². The van der Waals surface area contributed by atoms with Gasteiger partial charge >= 0.3 is 0 Å². The fraction of sp³-hybridized carbons (Fsp3) is 1.00. The zero-order valence-electron chi connectivity index (χ0n) is 8.98. The van der Waals surface area contributed by atoms with Crippen LogP contribution in [0.3, 0.4) is 0 Å². The number of rotatable bonds is 5. The molecule has 1 rings (SSSR count). The van der Waals surface area contributed by atoms with Crippen LogP contribution in [0.4, 0.5) is 0 Å². The number of piperidine rings is 1. The Balaban J connectivity index is 2.25. The van der Waals surface area contributed by atoms with Gasteiger partial charge in [-0.1, -0.05) is 0 Å². The largest absolute Gasteiger partial charge is 0.395 e. The average Bonchev–Trinajstić information content (AvgIpc) is 2.19. The standard InChI is InChI=1S/C10H22N2O2/c1-2-14-10-4-3-5-12(7-10)6-9(11)8-13/h9-10,13H,2-8,11H2,1H3. The van der Waals surface area contributed by atoms with Crippen LogP contribution < -0.4 is 5.73 Å². The first-order valence-electron chi connectivity index (χ1n) is 5.46. The molecule has 1 aliphatic rings. The Morgan fingerprint density at radius 1 is 1.64 bits per heavy atom. The van der Waals surface area contributed by atoms with E-state index in [0.717, 1.165) is 32.7 Å². The van der Waals surface area contributed by atoms with Gasteiger partial charge in [0, 0.05) is 25.7 Å². The maximum absolute atomic E-state index is 8.85. The molecule has 4 nitrogen and oxygen atoms in total. The fourth-order valence-corrected chi connectivity index (χ4v) is 1.94. The number of aliphatic hydroxyl groups excluding tert-OH is 1. The minimum Gasteiger partial charge on any atom is -0.395 e. The molecule has 14 heavy (non-hydrogen) atoms. The summed E-state index contributed by atoms with van der Waals surface area (Å²) in [4.78, 5) is 2.28. The molecule has 0 radical (unpaired) electrons. The van der Waals surface area contributed by atoms with Gasteiger partial charge in [0.1, 0.15) is 0 Å². The van der Waals surface area contributed by atoms with Crippen LogP contribution in [0.25, 0.3) is 0 Å². The quantitative estimate of drug-likeness (QED) is 0.648. The summed E-state index contributed by atoms with van der Waals surface area (Å²) in [5, 5.41) is 8.85. The molecule has 0 bridgehead atoms. The predicted octanol–water partition coefficient (Wildman–Crippen LogP) is -0.193. The first-order chi connectivity index (χ1) is 6.76. The number of likely N-dealkylation sites (tertiary alicyclic amines) is 1. The predicted molar refractivity (Wildman–Crippen MR) is 56.1 cm³/mol. The second kappa shape index (κ2) is 6.35. The average molecular weight is 202 g/mol. The molecule has 0 saturated carbocycles. The Labute approximate surface area is 86.0 Å². The molecule has 84 valence electrons. The number of aliphatic hydroxyl groups is 1. The lowest BCUT2D eigenvalue weighted by Gasteiger charge is -2.33. The van der Waals surface area contributed by atoms with Gasteiger partial charge in [0.2, 0.25) is 0 Å². The third-order valence-corrected chi connectivity index (χ3v) is 2.59. The van der Waals surface area contributed by atoms with Gasteiger partial charge in [-0.25, -0.2) is 0 Å². The number of nitrogens with zero attached hydrogens (tertiary/aromatic N) is 1. The van der Waals surface area contributed by atoms with Crippen molar-refractivity contribution in [2.75, 3.05) is 32.8 Å². The molecule has 4 heteroatoms. The van der Waals surface area contributed by atoms with E-state index in [1.165, 1.54) is 6.42 Å². The van der Waals surface area contributed by atoms with E-state index in [1.807, 2.05) is 6.92 Å². The highest BCUT2D eigenvalue weighted by molar-refractivity contribution is 4.76. The first-order valence-corrected chi connectivity index (χ1v) is 5.46. The molecular weight excluding hydrogens is 180 g/mol. The van der Waals surface area contributed by atoms with Gasteiger partial charge in [-0.2, -0.15) is 0 Å². The maximum Gasteiger partial charge on any atom is 0.0702 e. The number of ether oxygens (including phenoxy) is 1. The molecule has 1 aliphatic heterocycles. The van der Waals surface area contributed by atoms with Crippen LogP contribution in [0.2, 0.25) is 0 Å². The summed E-state index contributed by atoms with van der Waals surface area (Å²) in [7, 11) is 0. The molecule has 0 aromatic rings. The van der Waals surface area contributed by atoms with Crippen molar-refractivity contribution in [1.82, 2.24) is 4.90 Å². The molecule has 0 aromatic carbocycles. The van der Waals surface area contributed by atoms with Crippen LogP contribution in [0.5, 0.6) is 0 Å². The van der Waals surface area contributed by atoms with E-state index in [1.54, 1.807) is 0 Å². The van der Waals surface area contributed by atoms with Gasteiger partial charge in [-0.05, 0) is 26.3 Å². The smallest absolute Gasteiger partial charge is 0.0702 e. The summed E-state index contributed by atoms with van der Waals surface area (Å²) in [6, 6.07) is -0.115. The van der Waals surface area contributed by atoms with Gasteiger partial charge < -0.3 is 15.6 Å². The fourth-order valence-electron chi connectivity index (χ4n) is 1.94. The van der Waals surface area contributed by atoms with E-state index in [4.69, 9.17) is 15.6 Å². The third kappa shape index (κ3) is 3.92. The lowest BCUT2D eigenvalue weighted by Crippen LogP contribution is -2.46. The van der Waals surface area contributed by atoms with Crippen molar-refractivity contribution in [3.8, 4) is 0 Å². The highest BCUT2D eigenvalue weighted by Gasteiger charge is 2.20.